The highest BCUT2D eigenvalue weighted by atomic mass is 35.5. The molecule has 1 atom stereocenters. The zero-order valence-corrected chi connectivity index (χ0v) is 13.5. The number of aldehydes is 1. The molecule has 0 bridgehead atoms. The minimum atomic E-state index is -0.404. The van der Waals surface area contributed by atoms with Gasteiger partial charge < -0.3 is 15.1 Å². The third-order valence-electron chi connectivity index (χ3n) is 3.84. The van der Waals surface area contributed by atoms with Crippen molar-refractivity contribution in [2.24, 2.45) is 0 Å². The first-order chi connectivity index (χ1) is 11.7. The van der Waals surface area contributed by atoms with E-state index >= 15 is 0 Å². The van der Waals surface area contributed by atoms with Gasteiger partial charge in [-0.05, 0) is 23.8 Å². The third kappa shape index (κ3) is 2.41. The Balaban J connectivity index is 1.77. The molecule has 0 spiro atoms. The molecule has 7 heteroatoms. The summed E-state index contributed by atoms with van der Waals surface area (Å²) < 4.78 is 5.48. The number of halogens is 1. The third-order valence-corrected chi connectivity index (χ3v) is 4.25. The minimum absolute atomic E-state index is 0.390. The van der Waals surface area contributed by atoms with Crippen molar-refractivity contribution in [3.05, 3.63) is 47.3 Å². The lowest BCUT2D eigenvalue weighted by molar-refractivity contribution is -0.107. The lowest BCUT2D eigenvalue weighted by atomic mass is 10.0. The van der Waals surface area contributed by atoms with E-state index in [2.05, 4.69) is 20.8 Å². The van der Waals surface area contributed by atoms with Crippen molar-refractivity contribution in [3.63, 3.8) is 0 Å². The molecule has 4 rings (SSSR count). The molecule has 0 saturated heterocycles. The van der Waals surface area contributed by atoms with Gasteiger partial charge in [-0.25, -0.2) is 0 Å². The second-order valence-corrected chi connectivity index (χ2v) is 5.83. The van der Waals surface area contributed by atoms with Crippen LogP contribution in [0.15, 0.2) is 40.8 Å². The fourth-order valence-electron chi connectivity index (χ4n) is 2.72. The molecule has 2 N–H and O–H groups in total. The molecule has 3 aromatic rings. The van der Waals surface area contributed by atoms with E-state index in [0.717, 1.165) is 28.8 Å². The summed E-state index contributed by atoms with van der Waals surface area (Å²) in [5.74, 6) is 0.875. The van der Waals surface area contributed by atoms with Gasteiger partial charge in [0.25, 0.3) is 0 Å². The summed E-state index contributed by atoms with van der Waals surface area (Å²) >= 11 is 6.57. The Morgan fingerprint density at radius 3 is 2.67 bits per heavy atom. The first-order valence-electron chi connectivity index (χ1n) is 7.37. The molecule has 2 heterocycles. The average molecular weight is 341 g/mol. The molecule has 0 fully saturated rings. The number of hydrogen-bond donors (Lipinski definition) is 2. The van der Waals surface area contributed by atoms with Crippen molar-refractivity contribution in [2.45, 2.75) is 13.1 Å². The van der Waals surface area contributed by atoms with Gasteiger partial charge >= 0.3 is 0 Å². The van der Waals surface area contributed by atoms with Crippen molar-refractivity contribution in [1.82, 2.24) is 10.2 Å². The van der Waals surface area contributed by atoms with Crippen LogP contribution in [0.3, 0.4) is 0 Å². The van der Waals surface area contributed by atoms with E-state index in [4.69, 9.17) is 16.0 Å². The normalized spacial score (nSPS) is 15.5. The number of aromatic nitrogens is 2. The maximum atomic E-state index is 10.9. The number of carbonyl (C=O) groups is 1. The summed E-state index contributed by atoms with van der Waals surface area (Å²) in [4.78, 5) is 10.9. The topological polar surface area (TPSA) is 80.0 Å². The Morgan fingerprint density at radius 1 is 1.12 bits per heavy atom. The number of carbonyl (C=O) groups excluding carboxylic acids is 1. The van der Waals surface area contributed by atoms with E-state index in [9.17, 15) is 4.79 Å². The van der Waals surface area contributed by atoms with Gasteiger partial charge in [-0.3, -0.25) is 4.79 Å². The van der Waals surface area contributed by atoms with Gasteiger partial charge in [-0.15, -0.1) is 10.2 Å². The molecule has 0 radical (unpaired) electrons. The first kappa shape index (κ1) is 14.7. The molecule has 0 amide bonds. The predicted molar refractivity (Wildman–Crippen MR) is 92.0 cm³/mol. The summed E-state index contributed by atoms with van der Waals surface area (Å²) in [5, 5.41) is 14.6. The maximum absolute atomic E-state index is 10.9. The van der Waals surface area contributed by atoms with Crippen molar-refractivity contribution >= 4 is 29.3 Å². The highest BCUT2D eigenvalue weighted by molar-refractivity contribution is 6.36. The maximum Gasteiger partial charge on any atom is 0.249 e. The molecular weight excluding hydrogens is 328 g/mol. The van der Waals surface area contributed by atoms with E-state index < -0.39 is 6.17 Å². The van der Waals surface area contributed by atoms with E-state index in [0.29, 0.717) is 22.4 Å². The van der Waals surface area contributed by atoms with Crippen LogP contribution < -0.4 is 10.6 Å². The monoisotopic (exact) mass is 340 g/mol. The Bertz CT molecular complexity index is 938. The van der Waals surface area contributed by atoms with Crippen LogP contribution in [0, 0.1) is 6.92 Å². The van der Waals surface area contributed by atoms with Crippen LogP contribution in [-0.4, -0.2) is 22.6 Å². The molecule has 24 heavy (non-hydrogen) atoms. The molecule has 1 aliphatic rings. The molecule has 1 aromatic heterocycles. The number of nitrogens with zero attached hydrogens (tertiary/aromatic N) is 2. The summed E-state index contributed by atoms with van der Waals surface area (Å²) in [6.45, 7) is 1.73. The van der Waals surface area contributed by atoms with Crippen LogP contribution in [0.4, 0.5) is 11.4 Å². The molecule has 0 aliphatic carbocycles. The Hall–Kier alpha value is -2.86. The Kier molecular flexibility index (Phi) is 3.46. The number of anilines is 2. The van der Waals surface area contributed by atoms with Crippen molar-refractivity contribution in [3.8, 4) is 22.6 Å². The fraction of sp³-hybridized carbons (Fsp3) is 0.118. The van der Waals surface area contributed by atoms with Gasteiger partial charge in [0.05, 0.1) is 22.0 Å². The second kappa shape index (κ2) is 5.65. The number of rotatable bonds is 3. The van der Waals surface area contributed by atoms with E-state index in [1.54, 1.807) is 6.92 Å². The van der Waals surface area contributed by atoms with Crippen LogP contribution >= 0.6 is 11.6 Å². The SMILES string of the molecule is Cc1nnc(-c2cccc(-c3ccc4c(c3)NC(C=O)N4)c2Cl)o1. The largest absolute Gasteiger partial charge is 0.421 e. The summed E-state index contributed by atoms with van der Waals surface area (Å²) in [7, 11) is 0. The van der Waals surface area contributed by atoms with Gasteiger partial charge in [-0.1, -0.05) is 29.8 Å². The van der Waals surface area contributed by atoms with Crippen LogP contribution in [0.25, 0.3) is 22.6 Å². The smallest absolute Gasteiger partial charge is 0.249 e. The van der Waals surface area contributed by atoms with Gasteiger partial charge in [0, 0.05) is 12.5 Å². The quantitative estimate of drug-likeness (QED) is 0.707. The van der Waals surface area contributed by atoms with Crippen molar-refractivity contribution in [2.75, 3.05) is 10.6 Å². The molecule has 0 saturated carbocycles. The Morgan fingerprint density at radius 2 is 1.92 bits per heavy atom. The molecular formula is C17H13ClN4O2. The summed E-state index contributed by atoms with van der Waals surface area (Å²) in [6, 6.07) is 11.5. The fourth-order valence-corrected chi connectivity index (χ4v) is 3.04. The highest BCUT2D eigenvalue weighted by Gasteiger charge is 2.20. The van der Waals surface area contributed by atoms with Crippen LogP contribution in [0.5, 0.6) is 0 Å². The molecule has 1 unspecified atom stereocenters. The van der Waals surface area contributed by atoms with Crippen molar-refractivity contribution in [1.29, 1.82) is 0 Å². The van der Waals surface area contributed by atoms with Gasteiger partial charge in [0.15, 0.2) is 12.5 Å². The summed E-state index contributed by atoms with van der Waals surface area (Å²) in [5.41, 5.74) is 4.21. The molecule has 2 aromatic carbocycles. The molecule has 120 valence electrons. The van der Waals surface area contributed by atoms with Gasteiger partial charge in [0.1, 0.15) is 0 Å². The number of fused-ring (bicyclic) bond motifs is 1. The lowest BCUT2D eigenvalue weighted by Crippen LogP contribution is -2.22. The average Bonchev–Trinajstić information content (AvgIpc) is 3.20. The highest BCUT2D eigenvalue weighted by Crippen LogP contribution is 2.39. The van der Waals surface area contributed by atoms with E-state index in [1.165, 1.54) is 0 Å². The number of nitrogens with one attached hydrogen (secondary N) is 2. The van der Waals surface area contributed by atoms with E-state index in [-0.39, 0.29) is 0 Å². The summed E-state index contributed by atoms with van der Waals surface area (Å²) in [6.07, 6.45) is 0.420. The molecule has 6 nitrogen and oxygen atoms in total. The number of benzene rings is 2. The first-order valence-corrected chi connectivity index (χ1v) is 7.75. The van der Waals surface area contributed by atoms with Gasteiger partial charge in [0.2, 0.25) is 11.8 Å². The Labute approximate surface area is 142 Å². The minimum Gasteiger partial charge on any atom is -0.421 e. The predicted octanol–water partition coefficient (Wildman–Crippen LogP) is 3.73. The zero-order valence-electron chi connectivity index (χ0n) is 12.7. The van der Waals surface area contributed by atoms with Crippen LogP contribution in [-0.2, 0) is 4.79 Å². The van der Waals surface area contributed by atoms with Crippen LogP contribution in [0.2, 0.25) is 5.02 Å². The second-order valence-electron chi connectivity index (χ2n) is 5.46. The lowest BCUT2D eigenvalue weighted by Gasteiger charge is -2.09. The molecule has 1 aliphatic heterocycles. The zero-order chi connectivity index (χ0) is 16.7. The number of aryl methyl sites for hydroxylation is 1. The standard InChI is InChI=1S/C17H13ClN4O2/c1-9-21-22-17(24-9)12-4-2-3-11(16(12)18)10-5-6-13-14(7-10)20-15(8-23)19-13/h2-8,15,19-20H,1H3. The number of hydrogen-bond acceptors (Lipinski definition) is 6. The van der Waals surface area contributed by atoms with Crippen molar-refractivity contribution < 1.29 is 9.21 Å². The van der Waals surface area contributed by atoms with Crippen LogP contribution in [0.1, 0.15) is 5.89 Å². The van der Waals surface area contributed by atoms with Gasteiger partial charge in [-0.2, -0.15) is 0 Å². The van der Waals surface area contributed by atoms with E-state index in [1.807, 2.05) is 36.4 Å².